The first kappa shape index (κ1) is 12.9. The molecule has 1 atom stereocenters. The lowest BCUT2D eigenvalue weighted by atomic mass is 10.0. The van der Waals surface area contributed by atoms with Crippen LogP contribution in [-0.4, -0.2) is 31.1 Å². The number of halogens is 1. The lowest BCUT2D eigenvalue weighted by molar-refractivity contribution is 0.226. The van der Waals surface area contributed by atoms with Crippen LogP contribution < -0.4 is 5.32 Å². The predicted molar refractivity (Wildman–Crippen MR) is 73.5 cm³/mol. The van der Waals surface area contributed by atoms with E-state index in [0.29, 0.717) is 12.1 Å². The second-order valence-electron chi connectivity index (χ2n) is 5.02. The van der Waals surface area contributed by atoms with Gasteiger partial charge in [-0.05, 0) is 57.6 Å². The first-order valence-corrected chi connectivity index (χ1v) is 6.73. The molecule has 0 aromatic heterocycles. The smallest absolute Gasteiger partial charge is 0.0406 e. The molecule has 2 rings (SSSR count). The minimum atomic E-state index is 0.403. The van der Waals surface area contributed by atoms with Crippen molar-refractivity contribution in [3.63, 3.8) is 0 Å². The largest absolute Gasteiger partial charge is 0.307 e. The summed E-state index contributed by atoms with van der Waals surface area (Å²) in [6.45, 7) is 4.62. The molecule has 1 N–H and O–H groups in total. The van der Waals surface area contributed by atoms with Crippen LogP contribution in [0.15, 0.2) is 24.3 Å². The van der Waals surface area contributed by atoms with E-state index >= 15 is 0 Å². The average molecular weight is 253 g/mol. The molecule has 0 unspecified atom stereocenters. The monoisotopic (exact) mass is 252 g/mol. The molecule has 0 saturated carbocycles. The molecule has 0 amide bonds. The Labute approximate surface area is 109 Å². The Morgan fingerprint density at radius 1 is 1.24 bits per heavy atom. The van der Waals surface area contributed by atoms with E-state index in [1.807, 2.05) is 12.1 Å². The van der Waals surface area contributed by atoms with Gasteiger partial charge in [0.2, 0.25) is 0 Å². The van der Waals surface area contributed by atoms with Gasteiger partial charge in [-0.25, -0.2) is 0 Å². The second kappa shape index (κ2) is 5.85. The van der Waals surface area contributed by atoms with E-state index in [2.05, 4.69) is 36.3 Å². The minimum Gasteiger partial charge on any atom is -0.307 e. The molecule has 1 aromatic carbocycles. The van der Waals surface area contributed by atoms with Crippen molar-refractivity contribution in [1.29, 1.82) is 0 Å². The van der Waals surface area contributed by atoms with Gasteiger partial charge in [0.25, 0.3) is 0 Å². The fourth-order valence-corrected chi connectivity index (χ4v) is 2.50. The third-order valence-corrected chi connectivity index (χ3v) is 3.83. The Kier molecular flexibility index (Phi) is 4.43. The molecule has 94 valence electrons. The van der Waals surface area contributed by atoms with Crippen LogP contribution in [0.5, 0.6) is 0 Å². The summed E-state index contributed by atoms with van der Waals surface area (Å²) in [4.78, 5) is 2.39. The molecule has 17 heavy (non-hydrogen) atoms. The van der Waals surface area contributed by atoms with E-state index in [0.717, 1.165) is 5.02 Å². The molecule has 1 aliphatic rings. The maximum atomic E-state index is 5.90. The Balaban J connectivity index is 1.88. The normalized spacial score (nSPS) is 20.4. The number of nitrogens with zero attached hydrogens (tertiary/aromatic N) is 1. The van der Waals surface area contributed by atoms with Gasteiger partial charge < -0.3 is 10.2 Å². The van der Waals surface area contributed by atoms with E-state index < -0.39 is 0 Å². The molecule has 0 radical (unpaired) electrons. The summed E-state index contributed by atoms with van der Waals surface area (Å²) in [6, 6.07) is 9.19. The van der Waals surface area contributed by atoms with Crippen LogP contribution in [0.1, 0.15) is 31.4 Å². The predicted octanol–water partition coefficient (Wildman–Crippen LogP) is 3.08. The van der Waals surface area contributed by atoms with Crippen LogP contribution in [0.4, 0.5) is 0 Å². The number of piperidine rings is 1. The molecule has 1 heterocycles. The van der Waals surface area contributed by atoms with Crippen LogP contribution in [0.25, 0.3) is 0 Å². The molecule has 1 fully saturated rings. The van der Waals surface area contributed by atoms with Crippen LogP contribution in [0.2, 0.25) is 5.02 Å². The Hall–Kier alpha value is -0.570. The summed E-state index contributed by atoms with van der Waals surface area (Å²) in [6.07, 6.45) is 2.49. The van der Waals surface area contributed by atoms with E-state index in [1.165, 1.54) is 31.5 Å². The Morgan fingerprint density at radius 2 is 1.82 bits per heavy atom. The summed E-state index contributed by atoms with van der Waals surface area (Å²) in [5.41, 5.74) is 1.31. The van der Waals surface area contributed by atoms with Crippen molar-refractivity contribution in [2.75, 3.05) is 20.1 Å². The third-order valence-electron chi connectivity index (χ3n) is 3.57. The van der Waals surface area contributed by atoms with Crippen molar-refractivity contribution >= 4 is 11.6 Å². The molecule has 1 aromatic rings. The van der Waals surface area contributed by atoms with Crippen LogP contribution in [0.3, 0.4) is 0 Å². The molecule has 3 heteroatoms. The van der Waals surface area contributed by atoms with Crippen molar-refractivity contribution < 1.29 is 0 Å². The number of likely N-dealkylation sites (tertiary alicyclic amines) is 1. The Morgan fingerprint density at radius 3 is 2.41 bits per heavy atom. The third kappa shape index (κ3) is 3.70. The van der Waals surface area contributed by atoms with Crippen molar-refractivity contribution in [2.24, 2.45) is 0 Å². The van der Waals surface area contributed by atoms with Gasteiger partial charge in [-0.1, -0.05) is 23.7 Å². The molecule has 1 saturated heterocycles. The van der Waals surface area contributed by atoms with Gasteiger partial charge in [0.05, 0.1) is 0 Å². The van der Waals surface area contributed by atoms with Gasteiger partial charge in [0.15, 0.2) is 0 Å². The topological polar surface area (TPSA) is 15.3 Å². The summed E-state index contributed by atoms with van der Waals surface area (Å²) >= 11 is 5.90. The molecule has 2 nitrogen and oxygen atoms in total. The lowest BCUT2D eigenvalue weighted by Gasteiger charge is -2.31. The van der Waals surface area contributed by atoms with Crippen molar-refractivity contribution in [3.05, 3.63) is 34.9 Å². The molecular formula is C14H21ClN2. The zero-order valence-electron chi connectivity index (χ0n) is 10.6. The standard InChI is InChI=1S/C14H21ClN2/c1-11(12-3-5-13(15)6-4-12)16-14-7-9-17(2)10-8-14/h3-6,11,14,16H,7-10H2,1-2H3/t11-/m1/s1. The zero-order valence-corrected chi connectivity index (χ0v) is 11.4. The number of rotatable bonds is 3. The fraction of sp³-hybridized carbons (Fsp3) is 0.571. The summed E-state index contributed by atoms with van der Waals surface area (Å²) < 4.78 is 0. The number of hydrogen-bond donors (Lipinski definition) is 1. The van der Waals surface area contributed by atoms with E-state index in [-0.39, 0.29) is 0 Å². The highest BCUT2D eigenvalue weighted by Gasteiger charge is 2.18. The van der Waals surface area contributed by atoms with E-state index in [1.54, 1.807) is 0 Å². The molecular weight excluding hydrogens is 232 g/mol. The van der Waals surface area contributed by atoms with Crippen LogP contribution in [-0.2, 0) is 0 Å². The van der Waals surface area contributed by atoms with Gasteiger partial charge in [-0.2, -0.15) is 0 Å². The fourth-order valence-electron chi connectivity index (χ4n) is 2.38. The molecule has 0 spiro atoms. The molecule has 0 bridgehead atoms. The van der Waals surface area contributed by atoms with Crippen molar-refractivity contribution in [1.82, 2.24) is 10.2 Å². The maximum absolute atomic E-state index is 5.90. The molecule has 1 aliphatic heterocycles. The minimum absolute atomic E-state index is 0.403. The van der Waals surface area contributed by atoms with Gasteiger partial charge in [-0.3, -0.25) is 0 Å². The second-order valence-corrected chi connectivity index (χ2v) is 5.45. The quantitative estimate of drug-likeness (QED) is 0.890. The SMILES string of the molecule is C[C@@H](NC1CCN(C)CC1)c1ccc(Cl)cc1. The first-order valence-electron chi connectivity index (χ1n) is 6.35. The van der Waals surface area contributed by atoms with Crippen molar-refractivity contribution in [2.45, 2.75) is 31.8 Å². The summed E-state index contributed by atoms with van der Waals surface area (Å²) in [7, 11) is 2.19. The average Bonchev–Trinajstić information content (AvgIpc) is 2.33. The van der Waals surface area contributed by atoms with Gasteiger partial charge in [0, 0.05) is 17.1 Å². The van der Waals surface area contributed by atoms with Gasteiger partial charge in [-0.15, -0.1) is 0 Å². The van der Waals surface area contributed by atoms with Gasteiger partial charge in [0.1, 0.15) is 0 Å². The molecule has 0 aliphatic carbocycles. The Bertz CT molecular complexity index is 342. The van der Waals surface area contributed by atoms with Gasteiger partial charge >= 0.3 is 0 Å². The lowest BCUT2D eigenvalue weighted by Crippen LogP contribution is -2.41. The highest BCUT2D eigenvalue weighted by Crippen LogP contribution is 2.18. The first-order chi connectivity index (χ1) is 8.15. The number of nitrogens with one attached hydrogen (secondary N) is 1. The summed E-state index contributed by atoms with van der Waals surface area (Å²) in [5, 5.41) is 4.51. The van der Waals surface area contributed by atoms with Crippen LogP contribution >= 0.6 is 11.6 Å². The maximum Gasteiger partial charge on any atom is 0.0406 e. The van der Waals surface area contributed by atoms with E-state index in [4.69, 9.17) is 11.6 Å². The number of hydrogen-bond acceptors (Lipinski definition) is 2. The van der Waals surface area contributed by atoms with Crippen molar-refractivity contribution in [3.8, 4) is 0 Å². The van der Waals surface area contributed by atoms with Crippen LogP contribution in [0, 0.1) is 0 Å². The van der Waals surface area contributed by atoms with E-state index in [9.17, 15) is 0 Å². The zero-order chi connectivity index (χ0) is 12.3. The highest BCUT2D eigenvalue weighted by atomic mass is 35.5. The highest BCUT2D eigenvalue weighted by molar-refractivity contribution is 6.30. The number of benzene rings is 1. The summed E-state index contributed by atoms with van der Waals surface area (Å²) in [5.74, 6) is 0.